The van der Waals surface area contributed by atoms with E-state index < -0.39 is 347 Å². The number of rotatable bonds is 32. The van der Waals surface area contributed by atoms with E-state index in [1.165, 1.54) is 13.8 Å². The number of carboxylic acid groups (broad SMARTS) is 1. The van der Waals surface area contributed by atoms with Crippen molar-refractivity contribution in [2.75, 3.05) is 26.4 Å². The highest BCUT2D eigenvalue weighted by Crippen LogP contribution is 2.76. The number of aliphatic carboxylic acids is 1. The van der Waals surface area contributed by atoms with Crippen molar-refractivity contribution in [3.8, 4) is 0 Å². The first-order chi connectivity index (χ1) is 60.5. The van der Waals surface area contributed by atoms with E-state index in [9.17, 15) is 126 Å². The topological polar surface area (TPSA) is 658 Å². The van der Waals surface area contributed by atoms with Gasteiger partial charge in [-0.25, -0.2) is 4.79 Å². The van der Waals surface area contributed by atoms with E-state index in [2.05, 4.69) is 26.8 Å². The summed E-state index contributed by atoms with van der Waals surface area (Å²) < 4.78 is 96.6. The molecule has 0 radical (unpaired) electrons. The summed E-state index contributed by atoms with van der Waals surface area (Å²) in [7, 11) is 0. The Hall–Kier alpha value is -4.03. The van der Waals surface area contributed by atoms with Crippen molar-refractivity contribution in [3.05, 3.63) is 11.6 Å². The molecule has 21 N–H and O–H groups in total. The molecule has 0 amide bonds. The van der Waals surface area contributed by atoms with Gasteiger partial charge in [0.25, 0.3) is 0 Å². The minimum atomic E-state index is -2.25. The molecule has 0 aromatic heterocycles. The summed E-state index contributed by atoms with van der Waals surface area (Å²) in [6, 6.07) is 0. The number of aliphatic hydroxyl groups excluding tert-OH is 20. The monoisotopic (exact) mass is 1860 g/mol. The predicted octanol–water partition coefficient (Wildman–Crippen LogP) is -4.15. The van der Waals surface area contributed by atoms with Gasteiger partial charge in [-0.15, -0.1) is 0 Å². The zero-order valence-electron chi connectivity index (χ0n) is 74.9. The van der Waals surface area contributed by atoms with Gasteiger partial charge in [0.15, 0.2) is 56.1 Å². The second-order valence-electron chi connectivity index (χ2n) is 40.1. The zero-order valence-corrected chi connectivity index (χ0v) is 74.9. The van der Waals surface area contributed by atoms with Crippen molar-refractivity contribution in [2.45, 2.75) is 413 Å². The molecule has 42 heteroatoms. The standard InChI is InChI=1S/C87H140O42/c1-13-34(3)44(118-52(96)25-39(92)24-45(35(4)14-2)119-77-62(106)57(101)47(30-89)120-77)23-38(91)26-53(97)123-68-37(6)117-79(71(65(68)109)127-76-64(108)59(103)67(36(5)116-76)124-74-60(104)54(98)42(93)31-114-74)129-81(113)87-22-21-82(7,8)27-41(87)40-15-16-49-83(9)19-18-51(84(10,33-90)48(83)17-20-85(49,11)86(40,12)28-50(87)95)122-80-72(128-78-63(107)58(102)56(100)46(29-88)121-78)69(66(110)70(126-80)73(111)112)125-75-61(105)55(99)43(94)32-115-75/h15,33-39,41-51,54-72,74-80,88-89,91-95,98-110H,13-14,16-32H2,1-12H3,(H,111,112)/t34?,35?,36?,37?,38?,39?,41?,42?,43?,44?,45?,46?,47-,48?,49?,50?,51?,54?,55?,56?,57-,58?,59?,60?,61?,62+,63?,64?,65?,66?,67?,68?,69?,70?,71?,72?,74?,75?,76?,77+,78?,79?,80?,83?,84?,85?,86?,87?/m1/s1. The van der Waals surface area contributed by atoms with Crippen molar-refractivity contribution < 1.29 is 207 Å². The molecule has 7 aliphatic heterocycles. The molecule has 129 heavy (non-hydrogen) atoms. The van der Waals surface area contributed by atoms with Gasteiger partial charge in [-0.1, -0.05) is 93.7 Å². The molecular formula is C87H140O42. The molecule has 12 rings (SSSR count). The van der Waals surface area contributed by atoms with Gasteiger partial charge in [-0.05, 0) is 123 Å². The second kappa shape index (κ2) is 41.3. The van der Waals surface area contributed by atoms with Crippen molar-refractivity contribution in [3.63, 3.8) is 0 Å². The van der Waals surface area contributed by atoms with Crippen molar-refractivity contribution >= 4 is 30.2 Å². The maximum Gasteiger partial charge on any atom is 0.335 e. The van der Waals surface area contributed by atoms with E-state index in [1.54, 1.807) is 20.8 Å². The first-order valence-electron chi connectivity index (χ1n) is 45.4. The predicted molar refractivity (Wildman–Crippen MR) is 431 cm³/mol. The fourth-order valence-corrected chi connectivity index (χ4v) is 22.9. The molecular weight excluding hydrogens is 1720 g/mol. The summed E-state index contributed by atoms with van der Waals surface area (Å²) in [6.45, 7) is 19.4. The van der Waals surface area contributed by atoms with Crippen LogP contribution in [0.2, 0.25) is 0 Å². The Morgan fingerprint density at radius 1 is 0.504 bits per heavy atom. The van der Waals surface area contributed by atoms with Gasteiger partial charge in [-0.3, -0.25) is 14.4 Å². The number of aliphatic hydroxyl groups is 20. The Balaban J connectivity index is 0.785. The van der Waals surface area contributed by atoms with Crippen LogP contribution >= 0.6 is 0 Å². The fourth-order valence-electron chi connectivity index (χ4n) is 22.9. The molecule has 7 saturated heterocycles. The van der Waals surface area contributed by atoms with Crippen LogP contribution in [0.4, 0.5) is 0 Å². The van der Waals surface area contributed by atoms with Crippen LogP contribution in [-0.2, 0) is 99.8 Å². The van der Waals surface area contributed by atoms with Gasteiger partial charge in [0.1, 0.15) is 140 Å². The van der Waals surface area contributed by atoms with Crippen LogP contribution < -0.4 is 0 Å². The number of hydrogen-bond donors (Lipinski definition) is 21. The van der Waals surface area contributed by atoms with Crippen LogP contribution in [0.15, 0.2) is 11.6 Å². The van der Waals surface area contributed by atoms with Crippen LogP contribution in [0.3, 0.4) is 0 Å². The molecule has 0 bridgehead atoms. The van der Waals surface area contributed by atoms with E-state index in [4.69, 9.17) is 75.8 Å². The molecule has 0 aromatic rings. The first-order valence-corrected chi connectivity index (χ1v) is 45.4. The molecule has 7 heterocycles. The highest BCUT2D eigenvalue weighted by molar-refractivity contribution is 5.80. The van der Waals surface area contributed by atoms with Gasteiger partial charge in [0.05, 0.1) is 87.4 Å². The first kappa shape index (κ1) is 104. The largest absolute Gasteiger partial charge is 0.479 e. The summed E-state index contributed by atoms with van der Waals surface area (Å²) >= 11 is 0. The Bertz CT molecular complexity index is 3790. The SMILES string of the molecule is CCC(C)C(CC(O)CC(=O)OC1C(C)OC(OC(=O)C23CCC(C)(C)CC2C2=CCC4C5(C)CCC(OC6OC(C(=O)O)C(O)C(OC7OCC(O)C(O)C7O)C6OC6OC(CO)C(O)C(O)C6O)C(C)(C=O)C5CCC4(C)C2(C)CC3O)C(OC2OC(C)C(OC3OCC(O)C(O)C3O)C(O)C2O)C1O)OC(=O)CC(O)CC(O[C@H]1O[C@H](CO)[C@@H](O)[C@@H]1O)C(C)CC. The van der Waals surface area contributed by atoms with Crippen LogP contribution in [0.1, 0.15) is 179 Å². The van der Waals surface area contributed by atoms with Crippen LogP contribution in [-0.4, -0.2) is 397 Å². The number of ether oxygens (including phenoxy) is 16. The Morgan fingerprint density at radius 2 is 1.02 bits per heavy atom. The van der Waals surface area contributed by atoms with Crippen molar-refractivity contribution in [2.24, 2.45) is 62.1 Å². The number of aldehydes is 1. The quantitative estimate of drug-likeness (QED) is 0.00999. The molecule has 5 aliphatic carbocycles. The molecule has 11 fully saturated rings. The van der Waals surface area contributed by atoms with Crippen LogP contribution in [0.5, 0.6) is 0 Å². The third-order valence-electron chi connectivity index (χ3n) is 31.4. The third kappa shape index (κ3) is 20.2. The third-order valence-corrected chi connectivity index (χ3v) is 31.4. The average Bonchev–Trinajstić information content (AvgIpc) is 0.970. The van der Waals surface area contributed by atoms with Gasteiger partial charge in [0, 0.05) is 12.8 Å². The minimum Gasteiger partial charge on any atom is -0.479 e. The fraction of sp³-hybridized carbons (Fsp3) is 0.920. The van der Waals surface area contributed by atoms with Crippen LogP contribution in [0, 0.1) is 62.1 Å². The Labute approximate surface area is 747 Å². The summed E-state index contributed by atoms with van der Waals surface area (Å²) in [5.74, 6) is -7.05. The lowest BCUT2D eigenvalue weighted by atomic mass is 9.33. The van der Waals surface area contributed by atoms with E-state index in [1.807, 2.05) is 27.7 Å². The highest BCUT2D eigenvalue weighted by atomic mass is 16.8. The van der Waals surface area contributed by atoms with Crippen molar-refractivity contribution in [1.29, 1.82) is 0 Å². The molecule has 0 spiro atoms. The van der Waals surface area contributed by atoms with Gasteiger partial charge in [-0.2, -0.15) is 0 Å². The molecule has 12 aliphatic rings. The molecule has 740 valence electrons. The van der Waals surface area contributed by atoms with E-state index in [0.29, 0.717) is 51.4 Å². The molecule has 44 unspecified atom stereocenters. The van der Waals surface area contributed by atoms with E-state index in [0.717, 1.165) is 11.9 Å². The van der Waals surface area contributed by atoms with Crippen molar-refractivity contribution in [1.82, 2.24) is 0 Å². The second-order valence-corrected chi connectivity index (χ2v) is 40.1. The highest BCUT2D eigenvalue weighted by Gasteiger charge is 2.73. The number of carbonyl (C=O) groups is 5. The van der Waals surface area contributed by atoms with Crippen LogP contribution in [0.25, 0.3) is 0 Å². The van der Waals surface area contributed by atoms with Gasteiger partial charge < -0.3 is 188 Å². The Kier molecular flexibility index (Phi) is 33.3. The number of carbonyl (C=O) groups excluding carboxylic acids is 4. The minimum absolute atomic E-state index is 0.0335. The molecule has 48 atom stereocenters. The zero-order chi connectivity index (χ0) is 94.9. The lowest BCUT2D eigenvalue weighted by Crippen LogP contribution is -2.69. The van der Waals surface area contributed by atoms with Gasteiger partial charge >= 0.3 is 23.9 Å². The molecule has 4 saturated carbocycles. The molecule has 0 aromatic carbocycles. The number of allylic oxidation sites excluding steroid dienone is 2. The summed E-state index contributed by atoms with van der Waals surface area (Å²) in [4.78, 5) is 71.7. The number of hydrogen-bond acceptors (Lipinski definition) is 41. The number of fused-ring (bicyclic) bond motifs is 7. The summed E-state index contributed by atoms with van der Waals surface area (Å²) in [5.41, 5.74) is -5.35. The average molecular weight is 1860 g/mol. The normalized spacial score (nSPS) is 48.4. The summed E-state index contributed by atoms with van der Waals surface area (Å²) in [6.07, 6.45) is -61.3. The number of esters is 3. The van der Waals surface area contributed by atoms with E-state index in [-0.39, 0.29) is 43.9 Å². The smallest absolute Gasteiger partial charge is 0.335 e. The number of carboxylic acids is 1. The maximum absolute atomic E-state index is 16.2. The maximum atomic E-state index is 16.2. The lowest BCUT2D eigenvalue weighted by Gasteiger charge is -2.71. The lowest BCUT2D eigenvalue weighted by molar-refractivity contribution is -0.391. The van der Waals surface area contributed by atoms with Gasteiger partial charge in [0.2, 0.25) is 6.29 Å². The van der Waals surface area contributed by atoms with E-state index >= 15 is 4.79 Å². The summed E-state index contributed by atoms with van der Waals surface area (Å²) in [5, 5.41) is 233. The molecule has 42 nitrogen and oxygen atoms in total. The Morgan fingerprint density at radius 3 is 1.62 bits per heavy atom.